The summed E-state index contributed by atoms with van der Waals surface area (Å²) in [6.07, 6.45) is 0. The highest BCUT2D eigenvalue weighted by Crippen LogP contribution is 2.34. The van der Waals surface area contributed by atoms with Crippen LogP contribution in [0.5, 0.6) is 17.5 Å². The summed E-state index contributed by atoms with van der Waals surface area (Å²) in [5.41, 5.74) is 1.59. The Labute approximate surface area is 156 Å². The fraction of sp³-hybridized carbons (Fsp3) is 0.158. The lowest BCUT2D eigenvalue weighted by molar-refractivity contribution is -0.385. The van der Waals surface area contributed by atoms with Crippen molar-refractivity contribution in [3.05, 3.63) is 69.9 Å². The van der Waals surface area contributed by atoms with Gasteiger partial charge in [-0.25, -0.2) is 0 Å². The van der Waals surface area contributed by atoms with Gasteiger partial charge in [0.2, 0.25) is 5.82 Å². The minimum atomic E-state index is -0.525. The molecule has 0 fully saturated rings. The number of methoxy groups -OCH3 is 1. The zero-order valence-electron chi connectivity index (χ0n) is 15.1. The second-order valence-electron chi connectivity index (χ2n) is 5.79. The SMILES string of the molecule is COc1ccccc1Nc1nc(Oc2ccc(C)cc2)nc(C)c1[N+](=O)[O-]. The van der Waals surface area contributed by atoms with Crippen LogP contribution >= 0.6 is 0 Å². The number of nitrogens with zero attached hydrogens (tertiary/aromatic N) is 3. The first-order valence-electron chi connectivity index (χ1n) is 8.15. The summed E-state index contributed by atoms with van der Waals surface area (Å²) in [6, 6.07) is 14.4. The van der Waals surface area contributed by atoms with Crippen molar-refractivity contribution in [3.8, 4) is 17.5 Å². The third kappa shape index (κ3) is 4.12. The van der Waals surface area contributed by atoms with E-state index in [0.29, 0.717) is 17.2 Å². The van der Waals surface area contributed by atoms with Crippen molar-refractivity contribution in [1.29, 1.82) is 0 Å². The topological polar surface area (TPSA) is 99.4 Å². The number of benzene rings is 2. The van der Waals surface area contributed by atoms with E-state index in [4.69, 9.17) is 9.47 Å². The maximum atomic E-state index is 11.5. The average Bonchev–Trinajstić information content (AvgIpc) is 2.63. The Morgan fingerprint density at radius 2 is 1.74 bits per heavy atom. The molecule has 138 valence electrons. The number of para-hydroxylation sites is 2. The Kier molecular flexibility index (Phi) is 5.16. The minimum Gasteiger partial charge on any atom is -0.495 e. The molecule has 8 nitrogen and oxygen atoms in total. The molecular formula is C19H18N4O4. The Bertz CT molecular complexity index is 974. The molecule has 0 aliphatic heterocycles. The molecule has 0 amide bonds. The molecule has 27 heavy (non-hydrogen) atoms. The van der Waals surface area contributed by atoms with Gasteiger partial charge in [0.15, 0.2) is 0 Å². The van der Waals surface area contributed by atoms with E-state index < -0.39 is 4.92 Å². The minimum absolute atomic E-state index is 0.0133. The molecule has 3 aromatic rings. The lowest BCUT2D eigenvalue weighted by atomic mass is 10.2. The summed E-state index contributed by atoms with van der Waals surface area (Å²) >= 11 is 0. The Balaban J connectivity index is 2.01. The smallest absolute Gasteiger partial charge is 0.332 e. The molecule has 0 radical (unpaired) electrons. The van der Waals surface area contributed by atoms with Gasteiger partial charge in [-0.2, -0.15) is 9.97 Å². The van der Waals surface area contributed by atoms with Crippen molar-refractivity contribution in [3.63, 3.8) is 0 Å². The molecule has 3 rings (SSSR count). The van der Waals surface area contributed by atoms with Crippen LogP contribution in [0.2, 0.25) is 0 Å². The maximum Gasteiger partial charge on any atom is 0.332 e. The molecule has 2 aromatic carbocycles. The molecule has 1 aromatic heterocycles. The molecule has 0 saturated heterocycles. The van der Waals surface area contributed by atoms with Crippen LogP contribution in [0, 0.1) is 24.0 Å². The number of aromatic nitrogens is 2. The van der Waals surface area contributed by atoms with E-state index in [2.05, 4.69) is 15.3 Å². The van der Waals surface area contributed by atoms with Gasteiger partial charge < -0.3 is 14.8 Å². The zero-order chi connectivity index (χ0) is 19.4. The lowest BCUT2D eigenvalue weighted by Gasteiger charge is -2.12. The van der Waals surface area contributed by atoms with E-state index in [-0.39, 0.29) is 23.2 Å². The van der Waals surface area contributed by atoms with Gasteiger partial charge in [0.25, 0.3) is 0 Å². The van der Waals surface area contributed by atoms with E-state index in [1.165, 1.54) is 14.0 Å². The van der Waals surface area contributed by atoms with Gasteiger partial charge in [-0.3, -0.25) is 10.1 Å². The van der Waals surface area contributed by atoms with Crippen molar-refractivity contribution in [2.24, 2.45) is 0 Å². The summed E-state index contributed by atoms with van der Waals surface area (Å²) in [5, 5.41) is 14.5. The predicted octanol–water partition coefficient (Wildman–Crippen LogP) is 4.55. The van der Waals surface area contributed by atoms with Crippen molar-refractivity contribution >= 4 is 17.2 Å². The standard InChI is InChI=1S/C19H18N4O4/c1-12-8-10-14(11-9-12)27-19-20-13(2)17(23(24)25)18(22-19)21-15-6-4-5-7-16(15)26-3/h4-11H,1-3H3,(H,20,21,22). The second kappa shape index (κ2) is 7.69. The molecule has 1 heterocycles. The normalized spacial score (nSPS) is 10.3. The van der Waals surface area contributed by atoms with Crippen LogP contribution in [0.4, 0.5) is 17.2 Å². The molecular weight excluding hydrogens is 348 g/mol. The Morgan fingerprint density at radius 3 is 2.41 bits per heavy atom. The lowest BCUT2D eigenvalue weighted by Crippen LogP contribution is -2.06. The zero-order valence-corrected chi connectivity index (χ0v) is 15.1. The number of hydrogen-bond donors (Lipinski definition) is 1. The molecule has 0 bridgehead atoms. The van der Waals surface area contributed by atoms with Crippen molar-refractivity contribution in [2.75, 3.05) is 12.4 Å². The first-order valence-corrected chi connectivity index (χ1v) is 8.15. The van der Waals surface area contributed by atoms with Gasteiger partial charge in [-0.05, 0) is 38.1 Å². The maximum absolute atomic E-state index is 11.5. The highest BCUT2D eigenvalue weighted by molar-refractivity contribution is 5.71. The van der Waals surface area contributed by atoms with E-state index in [1.807, 2.05) is 19.1 Å². The number of hydrogen-bond acceptors (Lipinski definition) is 7. The Hall–Kier alpha value is -3.68. The summed E-state index contributed by atoms with van der Waals surface area (Å²) in [4.78, 5) is 19.3. The van der Waals surface area contributed by atoms with Crippen LogP contribution in [-0.4, -0.2) is 22.0 Å². The number of nitro groups is 1. The summed E-state index contributed by atoms with van der Waals surface area (Å²) < 4.78 is 10.9. The average molecular weight is 366 g/mol. The van der Waals surface area contributed by atoms with Crippen LogP contribution in [0.3, 0.4) is 0 Å². The third-order valence-corrected chi connectivity index (χ3v) is 3.81. The number of nitrogens with one attached hydrogen (secondary N) is 1. The molecule has 0 unspecified atom stereocenters. The first kappa shape index (κ1) is 18.1. The van der Waals surface area contributed by atoms with E-state index >= 15 is 0 Å². The van der Waals surface area contributed by atoms with Gasteiger partial charge in [-0.15, -0.1) is 0 Å². The van der Waals surface area contributed by atoms with Gasteiger partial charge in [0.05, 0.1) is 17.7 Å². The monoisotopic (exact) mass is 366 g/mol. The quantitative estimate of drug-likeness (QED) is 0.505. The van der Waals surface area contributed by atoms with Crippen LogP contribution in [0.1, 0.15) is 11.3 Å². The van der Waals surface area contributed by atoms with Gasteiger partial charge in [0.1, 0.15) is 17.2 Å². The van der Waals surface area contributed by atoms with Crippen molar-refractivity contribution < 1.29 is 14.4 Å². The van der Waals surface area contributed by atoms with E-state index in [9.17, 15) is 10.1 Å². The molecule has 0 atom stereocenters. The molecule has 8 heteroatoms. The number of rotatable bonds is 6. The fourth-order valence-electron chi connectivity index (χ4n) is 2.48. The summed E-state index contributed by atoms with van der Waals surface area (Å²) in [5.74, 6) is 1.10. The number of aryl methyl sites for hydroxylation is 2. The van der Waals surface area contributed by atoms with Gasteiger partial charge >= 0.3 is 11.7 Å². The largest absolute Gasteiger partial charge is 0.495 e. The summed E-state index contributed by atoms with van der Waals surface area (Å²) in [6.45, 7) is 3.50. The van der Waals surface area contributed by atoms with Crippen LogP contribution in [0.15, 0.2) is 48.5 Å². The first-order chi connectivity index (χ1) is 13.0. The predicted molar refractivity (Wildman–Crippen MR) is 101 cm³/mol. The highest BCUT2D eigenvalue weighted by Gasteiger charge is 2.24. The van der Waals surface area contributed by atoms with E-state index in [0.717, 1.165) is 5.56 Å². The third-order valence-electron chi connectivity index (χ3n) is 3.81. The fourth-order valence-corrected chi connectivity index (χ4v) is 2.48. The second-order valence-corrected chi connectivity index (χ2v) is 5.79. The van der Waals surface area contributed by atoms with Crippen LogP contribution in [0.25, 0.3) is 0 Å². The Morgan fingerprint density at radius 1 is 1.04 bits per heavy atom. The van der Waals surface area contributed by atoms with Gasteiger partial charge in [-0.1, -0.05) is 29.8 Å². The molecule has 0 aliphatic rings. The van der Waals surface area contributed by atoms with Crippen molar-refractivity contribution in [2.45, 2.75) is 13.8 Å². The highest BCUT2D eigenvalue weighted by atomic mass is 16.6. The molecule has 0 spiro atoms. The molecule has 1 N–H and O–H groups in total. The van der Waals surface area contributed by atoms with E-state index in [1.54, 1.807) is 36.4 Å². The molecule has 0 saturated carbocycles. The number of ether oxygens (including phenoxy) is 2. The van der Waals surface area contributed by atoms with Gasteiger partial charge in [0, 0.05) is 0 Å². The molecule has 0 aliphatic carbocycles. The van der Waals surface area contributed by atoms with Crippen LogP contribution in [-0.2, 0) is 0 Å². The summed E-state index contributed by atoms with van der Waals surface area (Å²) in [7, 11) is 1.52. The van der Waals surface area contributed by atoms with Crippen molar-refractivity contribution in [1.82, 2.24) is 9.97 Å². The van der Waals surface area contributed by atoms with Crippen LogP contribution < -0.4 is 14.8 Å². The number of anilines is 2.